The van der Waals surface area contributed by atoms with E-state index in [0.29, 0.717) is 5.56 Å². The van der Waals surface area contributed by atoms with Gasteiger partial charge in [-0.15, -0.1) is 0 Å². The van der Waals surface area contributed by atoms with E-state index in [1.54, 1.807) is 0 Å². The average molecular weight is 249 g/mol. The summed E-state index contributed by atoms with van der Waals surface area (Å²) in [6.07, 6.45) is -3.94. The van der Waals surface area contributed by atoms with Crippen molar-refractivity contribution in [1.29, 1.82) is 0 Å². The van der Waals surface area contributed by atoms with Crippen LogP contribution in [0.2, 0.25) is 0 Å². The zero-order chi connectivity index (χ0) is 13.2. The van der Waals surface area contributed by atoms with Gasteiger partial charge in [-0.1, -0.05) is 26.3 Å². The molecule has 0 fully saturated rings. The maximum Gasteiger partial charge on any atom is 0.419 e. The van der Waals surface area contributed by atoms with Crippen LogP contribution in [0.5, 0.6) is 0 Å². The summed E-state index contributed by atoms with van der Waals surface area (Å²) >= 11 is 0. The molecule has 2 unspecified atom stereocenters. The summed E-state index contributed by atoms with van der Waals surface area (Å²) in [5.41, 5.74) is 4.88. The van der Waals surface area contributed by atoms with Crippen LogP contribution in [0, 0.1) is 11.7 Å². The minimum Gasteiger partial charge on any atom is -0.324 e. The van der Waals surface area contributed by atoms with E-state index < -0.39 is 23.6 Å². The second-order valence-corrected chi connectivity index (χ2v) is 4.15. The Bertz CT molecular complexity index is 387. The zero-order valence-electron chi connectivity index (χ0n) is 9.68. The lowest BCUT2D eigenvalue weighted by Crippen LogP contribution is -2.20. The van der Waals surface area contributed by atoms with Crippen molar-refractivity contribution < 1.29 is 17.6 Å². The van der Waals surface area contributed by atoms with Gasteiger partial charge >= 0.3 is 6.18 Å². The molecule has 1 nitrogen and oxygen atoms in total. The standard InChI is InChI=1S/C12H15F4N/c1-3-7(2)11(17)8-4-5-10(13)9(6-8)12(14,15)16/h4-7,11H,3,17H2,1-2H3. The van der Waals surface area contributed by atoms with E-state index in [9.17, 15) is 17.6 Å². The number of halogens is 4. The molecule has 0 aliphatic carbocycles. The molecule has 2 atom stereocenters. The molecule has 1 aromatic rings. The van der Waals surface area contributed by atoms with Gasteiger partial charge in [-0.2, -0.15) is 13.2 Å². The lowest BCUT2D eigenvalue weighted by Gasteiger charge is -2.20. The van der Waals surface area contributed by atoms with Crippen molar-refractivity contribution in [3.05, 3.63) is 35.1 Å². The summed E-state index contributed by atoms with van der Waals surface area (Å²) in [4.78, 5) is 0. The number of hydrogen-bond acceptors (Lipinski definition) is 1. The fourth-order valence-electron chi connectivity index (χ4n) is 1.55. The molecule has 5 heteroatoms. The molecule has 0 aromatic heterocycles. The van der Waals surface area contributed by atoms with E-state index in [1.807, 2.05) is 13.8 Å². The number of hydrogen-bond donors (Lipinski definition) is 1. The van der Waals surface area contributed by atoms with E-state index in [-0.39, 0.29) is 5.92 Å². The molecule has 0 bridgehead atoms. The Labute approximate surface area is 97.6 Å². The third-order valence-electron chi connectivity index (χ3n) is 2.94. The fraction of sp³-hybridized carbons (Fsp3) is 0.500. The molecule has 0 amide bonds. The largest absolute Gasteiger partial charge is 0.419 e. The van der Waals surface area contributed by atoms with Gasteiger partial charge in [0.25, 0.3) is 0 Å². The highest BCUT2D eigenvalue weighted by Gasteiger charge is 2.34. The molecular formula is C12H15F4N. The lowest BCUT2D eigenvalue weighted by atomic mass is 9.92. The van der Waals surface area contributed by atoms with Crippen molar-refractivity contribution in [1.82, 2.24) is 0 Å². The van der Waals surface area contributed by atoms with Crippen LogP contribution >= 0.6 is 0 Å². The van der Waals surface area contributed by atoms with Gasteiger partial charge in [-0.05, 0) is 23.6 Å². The van der Waals surface area contributed by atoms with Crippen LogP contribution in [0.4, 0.5) is 17.6 Å². The van der Waals surface area contributed by atoms with E-state index in [1.165, 1.54) is 6.07 Å². The van der Waals surface area contributed by atoms with Crippen LogP contribution in [0.15, 0.2) is 18.2 Å². The van der Waals surface area contributed by atoms with E-state index in [2.05, 4.69) is 0 Å². The van der Waals surface area contributed by atoms with Crippen LogP contribution in [0.3, 0.4) is 0 Å². The monoisotopic (exact) mass is 249 g/mol. The highest BCUT2D eigenvalue weighted by atomic mass is 19.4. The van der Waals surface area contributed by atoms with Gasteiger partial charge in [0, 0.05) is 6.04 Å². The predicted octanol–water partition coefficient (Wildman–Crippen LogP) is 3.89. The number of benzene rings is 1. The highest BCUT2D eigenvalue weighted by Crippen LogP contribution is 2.33. The third-order valence-corrected chi connectivity index (χ3v) is 2.94. The predicted molar refractivity (Wildman–Crippen MR) is 57.8 cm³/mol. The first kappa shape index (κ1) is 14.0. The molecule has 1 rings (SSSR count). The fourth-order valence-corrected chi connectivity index (χ4v) is 1.55. The van der Waals surface area contributed by atoms with Gasteiger partial charge in [0.05, 0.1) is 5.56 Å². The number of nitrogens with two attached hydrogens (primary N) is 1. The zero-order valence-corrected chi connectivity index (χ0v) is 9.68. The van der Waals surface area contributed by atoms with Gasteiger partial charge in [-0.25, -0.2) is 4.39 Å². The van der Waals surface area contributed by atoms with Crippen LogP contribution in [-0.4, -0.2) is 0 Å². The second kappa shape index (κ2) is 5.04. The molecule has 0 saturated carbocycles. The summed E-state index contributed by atoms with van der Waals surface area (Å²) in [6.45, 7) is 3.75. The van der Waals surface area contributed by atoms with Crippen LogP contribution in [0.25, 0.3) is 0 Å². The highest BCUT2D eigenvalue weighted by molar-refractivity contribution is 5.29. The van der Waals surface area contributed by atoms with Crippen LogP contribution in [0.1, 0.15) is 37.4 Å². The molecule has 0 aliphatic heterocycles. The first-order chi connectivity index (χ1) is 7.77. The van der Waals surface area contributed by atoms with Gasteiger partial charge in [-0.3, -0.25) is 0 Å². The molecule has 0 spiro atoms. The first-order valence-corrected chi connectivity index (χ1v) is 5.39. The molecule has 0 aliphatic rings. The smallest absolute Gasteiger partial charge is 0.324 e. The van der Waals surface area contributed by atoms with E-state index in [4.69, 9.17) is 5.73 Å². The Morgan fingerprint density at radius 2 is 1.88 bits per heavy atom. The minimum atomic E-state index is -4.69. The quantitative estimate of drug-likeness (QED) is 0.808. The summed E-state index contributed by atoms with van der Waals surface area (Å²) < 4.78 is 50.5. The maximum atomic E-state index is 13.1. The van der Waals surface area contributed by atoms with E-state index >= 15 is 0 Å². The number of rotatable bonds is 3. The molecular weight excluding hydrogens is 234 g/mol. The maximum absolute atomic E-state index is 13.1. The van der Waals surface area contributed by atoms with E-state index in [0.717, 1.165) is 18.6 Å². The normalized spacial score (nSPS) is 15.7. The van der Waals surface area contributed by atoms with Crippen molar-refractivity contribution in [2.24, 2.45) is 11.7 Å². The molecule has 1 aromatic carbocycles. The summed E-state index contributed by atoms with van der Waals surface area (Å²) in [5.74, 6) is -1.22. The summed E-state index contributed by atoms with van der Waals surface area (Å²) in [7, 11) is 0. The summed E-state index contributed by atoms with van der Waals surface area (Å²) in [5, 5.41) is 0. The lowest BCUT2D eigenvalue weighted by molar-refractivity contribution is -0.140. The van der Waals surface area contributed by atoms with Crippen LogP contribution < -0.4 is 5.73 Å². The molecule has 17 heavy (non-hydrogen) atoms. The molecule has 96 valence electrons. The Hall–Kier alpha value is -1.10. The number of alkyl halides is 3. The Morgan fingerprint density at radius 3 is 2.35 bits per heavy atom. The van der Waals surface area contributed by atoms with Crippen molar-refractivity contribution in [2.75, 3.05) is 0 Å². The summed E-state index contributed by atoms with van der Waals surface area (Å²) in [6, 6.07) is 2.41. The molecule has 0 radical (unpaired) electrons. The van der Waals surface area contributed by atoms with Gasteiger partial charge in [0.15, 0.2) is 0 Å². The Kier molecular flexibility index (Phi) is 4.14. The van der Waals surface area contributed by atoms with Gasteiger partial charge < -0.3 is 5.73 Å². The van der Waals surface area contributed by atoms with Gasteiger partial charge in [0.1, 0.15) is 5.82 Å². The van der Waals surface area contributed by atoms with Crippen molar-refractivity contribution in [2.45, 2.75) is 32.5 Å². The average Bonchev–Trinajstić information content (AvgIpc) is 2.26. The topological polar surface area (TPSA) is 26.0 Å². The van der Waals surface area contributed by atoms with Crippen LogP contribution in [-0.2, 0) is 6.18 Å². The third kappa shape index (κ3) is 3.19. The molecule has 0 saturated heterocycles. The van der Waals surface area contributed by atoms with Crippen molar-refractivity contribution in [3.63, 3.8) is 0 Å². The SMILES string of the molecule is CCC(C)C(N)c1ccc(F)c(C(F)(F)F)c1. The molecule has 0 heterocycles. The minimum absolute atomic E-state index is 0.0431. The second-order valence-electron chi connectivity index (χ2n) is 4.15. The Morgan fingerprint density at radius 1 is 1.29 bits per heavy atom. The van der Waals surface area contributed by atoms with Gasteiger partial charge in [0.2, 0.25) is 0 Å². The first-order valence-electron chi connectivity index (χ1n) is 5.39. The molecule has 2 N–H and O–H groups in total. The van der Waals surface area contributed by atoms with Crippen molar-refractivity contribution in [3.8, 4) is 0 Å². The van der Waals surface area contributed by atoms with Crippen molar-refractivity contribution >= 4 is 0 Å². The Balaban J connectivity index is 3.13.